The van der Waals surface area contributed by atoms with Crippen molar-refractivity contribution in [3.8, 4) is 0 Å². The molecule has 0 heterocycles. The lowest BCUT2D eigenvalue weighted by atomic mass is 10.9. The Morgan fingerprint density at radius 2 is 1.71 bits per heavy atom. The first-order chi connectivity index (χ1) is 2.64. The third-order valence-corrected chi connectivity index (χ3v) is 0.441. The monoisotopic (exact) mass is 168 g/mol. The Bertz CT molecular complexity index is 64.0. The van der Waals surface area contributed by atoms with E-state index in [1.54, 1.807) is 14.1 Å². The van der Waals surface area contributed by atoms with Crippen LogP contribution in [0.5, 0.6) is 0 Å². The molecule has 0 bridgehead atoms. The number of halogens is 1. The Labute approximate surface area is 53.2 Å². The summed E-state index contributed by atoms with van der Waals surface area (Å²) in [7, 11) is 3.20. The number of hydrogen-bond acceptors (Lipinski definition) is 1. The van der Waals surface area contributed by atoms with E-state index in [0.29, 0.717) is 0 Å². The first-order valence-electron chi connectivity index (χ1n) is 1.61. The molecular weight excluding hydrogens is 160 g/mol. The van der Waals surface area contributed by atoms with E-state index in [1.165, 1.54) is 4.90 Å². The highest BCUT2D eigenvalue weighted by Crippen LogP contribution is 1.65. The van der Waals surface area contributed by atoms with E-state index >= 15 is 0 Å². The van der Waals surface area contributed by atoms with Crippen molar-refractivity contribution in [1.82, 2.24) is 4.90 Å². The second-order valence-electron chi connectivity index (χ2n) is 1.23. The quantitative estimate of drug-likeness (QED) is 0.553. The van der Waals surface area contributed by atoms with Crippen LogP contribution in [0.15, 0.2) is 0 Å². The van der Waals surface area contributed by atoms with Gasteiger partial charge in [0, 0.05) is 14.1 Å². The topological polar surface area (TPSA) is 46.3 Å². The van der Waals surface area contributed by atoms with Crippen LogP contribution in [0.4, 0.5) is 4.79 Å². The molecule has 0 saturated heterocycles. The molecule has 0 aromatic heterocycles. The zero-order valence-electron chi connectivity index (χ0n) is 4.34. The van der Waals surface area contributed by atoms with Crippen LogP contribution in [0.25, 0.3) is 0 Å². The van der Waals surface area contributed by atoms with E-state index in [0.717, 1.165) is 0 Å². The summed E-state index contributed by atoms with van der Waals surface area (Å²) in [5, 5.41) is 0. The molecule has 0 saturated carbocycles. The third kappa shape index (κ3) is 5.75. The number of carbonyl (C=O) groups is 1. The van der Waals surface area contributed by atoms with E-state index in [1.807, 2.05) is 0 Å². The van der Waals surface area contributed by atoms with E-state index in [-0.39, 0.29) is 17.0 Å². The maximum Gasteiger partial charge on any atom is 0.314 e. The summed E-state index contributed by atoms with van der Waals surface area (Å²) in [6.07, 6.45) is 0. The fraction of sp³-hybridized carbons (Fsp3) is 0.667. The van der Waals surface area contributed by atoms with Gasteiger partial charge in [-0.1, -0.05) is 0 Å². The molecule has 0 rings (SSSR count). The molecule has 0 aromatic rings. The minimum Gasteiger partial charge on any atom is -0.352 e. The predicted molar refractivity (Wildman–Crippen MR) is 33.6 cm³/mol. The smallest absolute Gasteiger partial charge is 0.314 e. The van der Waals surface area contributed by atoms with E-state index in [4.69, 9.17) is 5.73 Å². The Hall–Kier alpha value is -0.250. The van der Waals surface area contributed by atoms with Gasteiger partial charge < -0.3 is 10.6 Å². The Morgan fingerprint density at radius 1 is 1.57 bits per heavy atom. The van der Waals surface area contributed by atoms with Gasteiger partial charge in [0.25, 0.3) is 0 Å². The van der Waals surface area contributed by atoms with Crippen molar-refractivity contribution in [1.29, 1.82) is 0 Å². The SMILES string of the molecule is Br.CN(C)C(N)=O. The second kappa shape index (κ2) is 3.92. The molecule has 3 nitrogen and oxygen atoms in total. The number of nitrogens with two attached hydrogens (primary N) is 1. The van der Waals surface area contributed by atoms with Crippen LogP contribution in [0, 0.1) is 0 Å². The van der Waals surface area contributed by atoms with Crippen LogP contribution in [0.3, 0.4) is 0 Å². The van der Waals surface area contributed by atoms with Gasteiger partial charge in [0.05, 0.1) is 0 Å². The van der Waals surface area contributed by atoms with E-state index in [9.17, 15) is 4.79 Å². The molecular formula is C3H9BrN2O. The molecule has 0 atom stereocenters. The molecule has 2 N–H and O–H groups in total. The van der Waals surface area contributed by atoms with Gasteiger partial charge >= 0.3 is 6.03 Å². The molecule has 7 heavy (non-hydrogen) atoms. The fourth-order valence-electron chi connectivity index (χ4n) is 0. The first-order valence-corrected chi connectivity index (χ1v) is 1.61. The van der Waals surface area contributed by atoms with Crippen LogP contribution in [0.1, 0.15) is 0 Å². The van der Waals surface area contributed by atoms with Crippen LogP contribution >= 0.6 is 17.0 Å². The lowest BCUT2D eigenvalue weighted by Crippen LogP contribution is -2.27. The van der Waals surface area contributed by atoms with Gasteiger partial charge in [-0.05, 0) is 0 Å². The van der Waals surface area contributed by atoms with Crippen LogP contribution < -0.4 is 5.73 Å². The molecule has 0 aliphatic heterocycles. The zero-order chi connectivity index (χ0) is 5.15. The van der Waals surface area contributed by atoms with E-state index < -0.39 is 6.03 Å². The Kier molecular flexibility index (Phi) is 5.54. The van der Waals surface area contributed by atoms with Crippen molar-refractivity contribution in [2.75, 3.05) is 14.1 Å². The average molecular weight is 169 g/mol. The number of nitrogens with zero attached hydrogens (tertiary/aromatic N) is 1. The van der Waals surface area contributed by atoms with Crippen LogP contribution in [-0.2, 0) is 0 Å². The van der Waals surface area contributed by atoms with Gasteiger partial charge in [0.15, 0.2) is 0 Å². The van der Waals surface area contributed by atoms with E-state index in [2.05, 4.69) is 0 Å². The average Bonchev–Trinajstić information content (AvgIpc) is 1.36. The Morgan fingerprint density at radius 3 is 1.71 bits per heavy atom. The van der Waals surface area contributed by atoms with Gasteiger partial charge in [0.1, 0.15) is 0 Å². The normalized spacial score (nSPS) is 6.57. The van der Waals surface area contributed by atoms with Crippen molar-refractivity contribution in [2.24, 2.45) is 5.73 Å². The molecule has 0 fully saturated rings. The summed E-state index contributed by atoms with van der Waals surface area (Å²) in [6.45, 7) is 0. The summed E-state index contributed by atoms with van der Waals surface area (Å²) in [4.78, 5) is 11.2. The van der Waals surface area contributed by atoms with Crippen LogP contribution in [-0.4, -0.2) is 25.0 Å². The number of hydrogen-bond donors (Lipinski definition) is 1. The summed E-state index contributed by atoms with van der Waals surface area (Å²) in [5.74, 6) is 0. The lowest BCUT2D eigenvalue weighted by Gasteiger charge is -2.01. The van der Waals surface area contributed by atoms with Crippen molar-refractivity contribution in [3.63, 3.8) is 0 Å². The lowest BCUT2D eigenvalue weighted by molar-refractivity contribution is 0.227. The van der Waals surface area contributed by atoms with Gasteiger partial charge in [-0.15, -0.1) is 17.0 Å². The summed E-state index contributed by atoms with van der Waals surface area (Å²) in [5.41, 5.74) is 4.72. The molecule has 0 radical (unpaired) electrons. The minimum absolute atomic E-state index is 0. The van der Waals surface area contributed by atoms with Crippen LogP contribution in [0.2, 0.25) is 0 Å². The number of primary amides is 1. The van der Waals surface area contributed by atoms with Gasteiger partial charge in [-0.25, -0.2) is 4.79 Å². The number of urea groups is 1. The van der Waals surface area contributed by atoms with Crippen molar-refractivity contribution in [3.05, 3.63) is 0 Å². The molecule has 44 valence electrons. The molecule has 4 heteroatoms. The molecule has 0 unspecified atom stereocenters. The zero-order valence-corrected chi connectivity index (χ0v) is 6.05. The minimum atomic E-state index is -0.407. The van der Waals surface area contributed by atoms with Crippen molar-refractivity contribution in [2.45, 2.75) is 0 Å². The number of carbonyl (C=O) groups excluding carboxylic acids is 1. The molecule has 2 amide bonds. The predicted octanol–water partition coefficient (Wildman–Crippen LogP) is 0.205. The molecule has 0 aliphatic rings. The standard InChI is InChI=1S/C3H8N2O.BrH/c1-5(2)3(4)6;/h1-2H3,(H2,4,6);1H. The molecule has 0 aliphatic carbocycles. The third-order valence-electron chi connectivity index (χ3n) is 0.441. The summed E-state index contributed by atoms with van der Waals surface area (Å²) >= 11 is 0. The fourth-order valence-corrected chi connectivity index (χ4v) is 0. The number of amides is 2. The Balaban J connectivity index is 0. The van der Waals surface area contributed by atoms with Gasteiger partial charge in [0.2, 0.25) is 0 Å². The largest absolute Gasteiger partial charge is 0.352 e. The second-order valence-corrected chi connectivity index (χ2v) is 1.23. The molecule has 0 aromatic carbocycles. The molecule has 0 spiro atoms. The first kappa shape index (κ1) is 9.89. The number of rotatable bonds is 0. The maximum atomic E-state index is 9.85. The highest BCUT2D eigenvalue weighted by molar-refractivity contribution is 8.93. The van der Waals surface area contributed by atoms with Crippen molar-refractivity contribution < 1.29 is 4.79 Å². The highest BCUT2D eigenvalue weighted by atomic mass is 79.9. The summed E-state index contributed by atoms with van der Waals surface area (Å²) in [6, 6.07) is -0.407. The van der Waals surface area contributed by atoms with Crippen molar-refractivity contribution >= 4 is 23.0 Å². The van der Waals surface area contributed by atoms with Gasteiger partial charge in [-0.3, -0.25) is 0 Å². The maximum absolute atomic E-state index is 9.85. The summed E-state index contributed by atoms with van der Waals surface area (Å²) < 4.78 is 0. The highest BCUT2D eigenvalue weighted by Gasteiger charge is 1.88. The van der Waals surface area contributed by atoms with Gasteiger partial charge in [-0.2, -0.15) is 0 Å².